The van der Waals surface area contributed by atoms with Gasteiger partial charge in [-0.05, 0) is 42.7 Å². The highest BCUT2D eigenvalue weighted by molar-refractivity contribution is 5.96. The predicted molar refractivity (Wildman–Crippen MR) is 115 cm³/mol. The van der Waals surface area contributed by atoms with Crippen molar-refractivity contribution < 1.29 is 19.3 Å². The summed E-state index contributed by atoms with van der Waals surface area (Å²) in [5.41, 5.74) is 2.22. The van der Waals surface area contributed by atoms with Crippen LogP contribution in [-0.2, 0) is 9.47 Å². The summed E-state index contributed by atoms with van der Waals surface area (Å²) < 4.78 is 17.4. The van der Waals surface area contributed by atoms with Crippen LogP contribution in [0.1, 0.15) is 25.8 Å². The lowest BCUT2D eigenvalue weighted by Crippen LogP contribution is -2.50. The van der Waals surface area contributed by atoms with Gasteiger partial charge in [0.05, 0.1) is 25.4 Å². The standard InChI is InChI=1S/C24H31NO4/c1-24(2)17-25(11-14-29-24)15-20(26)16-28-22-8-7-18-5-3-4-6-21(18)23(22)19-9-12-27-13-10-19/h3-9,20,26H,10-17H2,1-2H3. The number of rotatable bonds is 6. The van der Waals surface area contributed by atoms with E-state index < -0.39 is 6.10 Å². The summed E-state index contributed by atoms with van der Waals surface area (Å²) in [6.07, 6.45) is 2.46. The third-order valence-electron chi connectivity index (χ3n) is 5.58. The molecule has 2 aromatic carbocycles. The molecule has 1 atom stereocenters. The van der Waals surface area contributed by atoms with Crippen molar-refractivity contribution in [1.29, 1.82) is 0 Å². The number of aliphatic hydroxyl groups excluding tert-OH is 1. The van der Waals surface area contributed by atoms with E-state index in [1.165, 1.54) is 16.3 Å². The normalized spacial score (nSPS) is 21.0. The van der Waals surface area contributed by atoms with Crippen LogP contribution >= 0.6 is 0 Å². The van der Waals surface area contributed by atoms with Crippen LogP contribution < -0.4 is 4.74 Å². The molecule has 5 nitrogen and oxygen atoms in total. The van der Waals surface area contributed by atoms with Gasteiger partial charge in [-0.25, -0.2) is 0 Å². The quantitative estimate of drug-likeness (QED) is 0.809. The first kappa shape index (κ1) is 20.4. The Bertz CT molecular complexity index is 876. The van der Waals surface area contributed by atoms with Crippen LogP contribution in [0.5, 0.6) is 5.75 Å². The summed E-state index contributed by atoms with van der Waals surface area (Å²) in [4.78, 5) is 2.25. The van der Waals surface area contributed by atoms with Gasteiger partial charge < -0.3 is 19.3 Å². The fourth-order valence-corrected chi connectivity index (χ4v) is 4.26. The molecule has 0 aliphatic carbocycles. The highest BCUT2D eigenvalue weighted by atomic mass is 16.5. The topological polar surface area (TPSA) is 51.2 Å². The highest BCUT2D eigenvalue weighted by Gasteiger charge is 2.28. The third-order valence-corrected chi connectivity index (χ3v) is 5.58. The molecular formula is C24H31NO4. The van der Waals surface area contributed by atoms with E-state index in [9.17, 15) is 5.11 Å². The second kappa shape index (κ2) is 8.84. The molecule has 1 saturated heterocycles. The van der Waals surface area contributed by atoms with Gasteiger partial charge in [0, 0.05) is 25.2 Å². The van der Waals surface area contributed by atoms with E-state index >= 15 is 0 Å². The summed E-state index contributed by atoms with van der Waals surface area (Å²) in [5.74, 6) is 0.832. The van der Waals surface area contributed by atoms with Gasteiger partial charge in [0.15, 0.2) is 0 Å². The molecule has 2 heterocycles. The zero-order valence-corrected chi connectivity index (χ0v) is 17.4. The molecule has 5 heteroatoms. The van der Waals surface area contributed by atoms with Gasteiger partial charge in [0.2, 0.25) is 0 Å². The van der Waals surface area contributed by atoms with Crippen molar-refractivity contribution in [3.63, 3.8) is 0 Å². The van der Waals surface area contributed by atoms with Crippen LogP contribution in [0.3, 0.4) is 0 Å². The molecule has 0 aromatic heterocycles. The number of morpholine rings is 1. The molecule has 2 aliphatic rings. The van der Waals surface area contributed by atoms with Gasteiger partial charge in [0.25, 0.3) is 0 Å². The van der Waals surface area contributed by atoms with Crippen LogP contribution in [0.2, 0.25) is 0 Å². The van der Waals surface area contributed by atoms with Crippen molar-refractivity contribution in [2.75, 3.05) is 46.1 Å². The molecule has 29 heavy (non-hydrogen) atoms. The summed E-state index contributed by atoms with van der Waals surface area (Å²) in [7, 11) is 0. The average Bonchev–Trinajstić information content (AvgIpc) is 2.71. The largest absolute Gasteiger partial charge is 0.490 e. The van der Waals surface area contributed by atoms with Gasteiger partial charge in [0.1, 0.15) is 18.5 Å². The molecule has 0 amide bonds. The molecule has 1 fully saturated rings. The number of nitrogens with zero attached hydrogens (tertiary/aromatic N) is 1. The Morgan fingerprint density at radius 2 is 2.03 bits per heavy atom. The van der Waals surface area contributed by atoms with Crippen molar-refractivity contribution in [2.24, 2.45) is 0 Å². The lowest BCUT2D eigenvalue weighted by molar-refractivity contribution is -0.0947. The third kappa shape index (κ3) is 4.98. The molecule has 0 bridgehead atoms. The van der Waals surface area contributed by atoms with Crippen molar-refractivity contribution in [3.05, 3.63) is 48.0 Å². The number of hydrogen-bond donors (Lipinski definition) is 1. The molecule has 0 spiro atoms. The van der Waals surface area contributed by atoms with Gasteiger partial charge in [-0.3, -0.25) is 4.90 Å². The average molecular weight is 398 g/mol. The second-order valence-corrected chi connectivity index (χ2v) is 8.52. The van der Waals surface area contributed by atoms with E-state index in [4.69, 9.17) is 14.2 Å². The Balaban J connectivity index is 1.49. The molecule has 1 N–H and O–H groups in total. The van der Waals surface area contributed by atoms with E-state index in [2.05, 4.69) is 55.2 Å². The van der Waals surface area contributed by atoms with E-state index in [0.29, 0.717) is 19.8 Å². The Labute approximate surface area is 172 Å². The number of fused-ring (bicyclic) bond motifs is 1. The number of β-amino-alcohol motifs (C(OH)–C–C–N with tert-alkyl or cyclic N) is 1. The Morgan fingerprint density at radius 1 is 1.17 bits per heavy atom. The van der Waals surface area contributed by atoms with E-state index in [1.54, 1.807) is 0 Å². The van der Waals surface area contributed by atoms with Crippen molar-refractivity contribution in [1.82, 2.24) is 4.90 Å². The maximum absolute atomic E-state index is 10.6. The predicted octanol–water partition coefficient (Wildman–Crippen LogP) is 3.49. The Kier molecular flexibility index (Phi) is 6.20. The van der Waals surface area contributed by atoms with Crippen LogP contribution in [0, 0.1) is 0 Å². The zero-order valence-electron chi connectivity index (χ0n) is 17.4. The minimum atomic E-state index is -0.549. The second-order valence-electron chi connectivity index (χ2n) is 8.52. The fourth-order valence-electron chi connectivity index (χ4n) is 4.26. The lowest BCUT2D eigenvalue weighted by atomic mass is 9.94. The minimum Gasteiger partial charge on any atom is -0.490 e. The van der Waals surface area contributed by atoms with E-state index in [0.717, 1.165) is 37.4 Å². The molecule has 2 aromatic rings. The summed E-state index contributed by atoms with van der Waals surface area (Å²) in [6.45, 7) is 8.75. The minimum absolute atomic E-state index is 0.167. The maximum atomic E-state index is 10.6. The summed E-state index contributed by atoms with van der Waals surface area (Å²) in [6, 6.07) is 12.5. The van der Waals surface area contributed by atoms with E-state index in [-0.39, 0.29) is 12.2 Å². The molecule has 4 rings (SSSR count). The van der Waals surface area contributed by atoms with Crippen molar-refractivity contribution in [2.45, 2.75) is 32.0 Å². The number of hydrogen-bond acceptors (Lipinski definition) is 5. The molecule has 0 saturated carbocycles. The Morgan fingerprint density at radius 3 is 2.83 bits per heavy atom. The number of benzene rings is 2. The first-order valence-corrected chi connectivity index (χ1v) is 10.5. The van der Waals surface area contributed by atoms with Crippen LogP contribution in [-0.4, -0.2) is 67.8 Å². The van der Waals surface area contributed by atoms with Gasteiger partial charge in [-0.1, -0.05) is 36.4 Å². The molecule has 0 radical (unpaired) electrons. The molecule has 1 unspecified atom stereocenters. The summed E-state index contributed by atoms with van der Waals surface area (Å²) in [5, 5.41) is 13.0. The molecule has 156 valence electrons. The Hall–Kier alpha value is -1.92. The highest BCUT2D eigenvalue weighted by Crippen LogP contribution is 2.36. The number of aliphatic hydroxyl groups is 1. The zero-order chi connectivity index (χ0) is 20.3. The van der Waals surface area contributed by atoms with E-state index in [1.807, 2.05) is 6.07 Å². The van der Waals surface area contributed by atoms with Crippen LogP contribution in [0.4, 0.5) is 0 Å². The first-order chi connectivity index (χ1) is 14.0. The van der Waals surface area contributed by atoms with Gasteiger partial charge in [-0.15, -0.1) is 0 Å². The number of ether oxygens (including phenoxy) is 3. The van der Waals surface area contributed by atoms with Gasteiger partial charge in [-0.2, -0.15) is 0 Å². The maximum Gasteiger partial charge on any atom is 0.127 e. The van der Waals surface area contributed by atoms with Crippen LogP contribution in [0.25, 0.3) is 16.3 Å². The summed E-state index contributed by atoms with van der Waals surface area (Å²) >= 11 is 0. The fraction of sp³-hybridized carbons (Fsp3) is 0.500. The molecule has 2 aliphatic heterocycles. The van der Waals surface area contributed by atoms with Crippen LogP contribution in [0.15, 0.2) is 42.5 Å². The lowest BCUT2D eigenvalue weighted by Gasteiger charge is -2.38. The first-order valence-electron chi connectivity index (χ1n) is 10.5. The van der Waals surface area contributed by atoms with Gasteiger partial charge >= 0.3 is 0 Å². The monoisotopic (exact) mass is 397 g/mol. The van der Waals surface area contributed by atoms with Crippen molar-refractivity contribution in [3.8, 4) is 5.75 Å². The SMILES string of the molecule is CC1(C)CN(CC(O)COc2ccc3ccccc3c2C2=CCOCC2)CCO1. The smallest absolute Gasteiger partial charge is 0.127 e. The molecular weight excluding hydrogens is 366 g/mol. The van der Waals surface area contributed by atoms with Crippen molar-refractivity contribution >= 4 is 16.3 Å².